The van der Waals surface area contributed by atoms with E-state index >= 15 is 0 Å². The van der Waals surface area contributed by atoms with Crippen molar-refractivity contribution in [3.63, 3.8) is 0 Å². The SMILES string of the molecule is Cc1cc(C2CCC2)ccc1B1OC(C)(C)C(C)(C)O1. The zero-order chi connectivity index (χ0) is 14.5. The molecule has 0 unspecified atom stereocenters. The number of hydrogen-bond acceptors (Lipinski definition) is 2. The molecule has 2 aliphatic rings. The summed E-state index contributed by atoms with van der Waals surface area (Å²) in [6.45, 7) is 10.6. The Morgan fingerprint density at radius 3 is 2.10 bits per heavy atom. The predicted octanol–water partition coefficient (Wildman–Crippen LogP) is 3.56. The van der Waals surface area contributed by atoms with Crippen LogP contribution in [-0.4, -0.2) is 18.3 Å². The lowest BCUT2D eigenvalue weighted by molar-refractivity contribution is 0.00578. The second kappa shape index (κ2) is 4.61. The van der Waals surface area contributed by atoms with Crippen LogP contribution in [0.3, 0.4) is 0 Å². The second-order valence-corrected chi connectivity index (χ2v) is 7.33. The number of aryl methyl sites for hydroxylation is 1. The minimum atomic E-state index is -0.267. The molecule has 0 N–H and O–H groups in total. The van der Waals surface area contributed by atoms with Gasteiger partial charge in [-0.25, -0.2) is 0 Å². The highest BCUT2D eigenvalue weighted by Gasteiger charge is 2.52. The second-order valence-electron chi connectivity index (χ2n) is 7.33. The molecular formula is C17H25BO2. The van der Waals surface area contributed by atoms with Crippen LogP contribution in [0.2, 0.25) is 0 Å². The van der Waals surface area contributed by atoms with Crippen LogP contribution in [0.1, 0.15) is 64.0 Å². The molecule has 1 aliphatic heterocycles. The lowest BCUT2D eigenvalue weighted by Crippen LogP contribution is -2.41. The zero-order valence-electron chi connectivity index (χ0n) is 13.3. The van der Waals surface area contributed by atoms with E-state index in [0.29, 0.717) is 0 Å². The van der Waals surface area contributed by atoms with Gasteiger partial charge in [0, 0.05) is 0 Å². The Morgan fingerprint density at radius 2 is 1.65 bits per heavy atom. The van der Waals surface area contributed by atoms with Gasteiger partial charge in [-0.2, -0.15) is 0 Å². The molecule has 1 aliphatic carbocycles. The summed E-state index contributed by atoms with van der Waals surface area (Å²) in [5.41, 5.74) is 3.40. The van der Waals surface area contributed by atoms with Gasteiger partial charge in [-0.3, -0.25) is 0 Å². The van der Waals surface area contributed by atoms with Crippen LogP contribution >= 0.6 is 0 Å². The van der Waals surface area contributed by atoms with Crippen molar-refractivity contribution < 1.29 is 9.31 Å². The molecule has 0 aromatic heterocycles. The normalized spacial score (nSPS) is 24.8. The van der Waals surface area contributed by atoms with Crippen LogP contribution in [0.25, 0.3) is 0 Å². The van der Waals surface area contributed by atoms with Crippen molar-refractivity contribution >= 4 is 12.6 Å². The molecule has 2 fully saturated rings. The number of benzene rings is 1. The van der Waals surface area contributed by atoms with E-state index in [1.807, 2.05) is 0 Å². The largest absolute Gasteiger partial charge is 0.495 e. The van der Waals surface area contributed by atoms with E-state index in [2.05, 4.69) is 52.8 Å². The number of rotatable bonds is 2. The molecule has 108 valence electrons. The minimum absolute atomic E-state index is 0.240. The van der Waals surface area contributed by atoms with Crippen molar-refractivity contribution in [2.75, 3.05) is 0 Å². The molecular weight excluding hydrogens is 247 g/mol. The Hall–Kier alpha value is -0.795. The van der Waals surface area contributed by atoms with Crippen LogP contribution < -0.4 is 5.46 Å². The lowest BCUT2D eigenvalue weighted by atomic mass is 9.73. The fourth-order valence-electron chi connectivity index (χ4n) is 2.93. The Balaban J connectivity index is 1.85. The first-order chi connectivity index (χ1) is 9.30. The van der Waals surface area contributed by atoms with E-state index in [9.17, 15) is 0 Å². The van der Waals surface area contributed by atoms with Crippen molar-refractivity contribution in [3.8, 4) is 0 Å². The van der Waals surface area contributed by atoms with Crippen LogP contribution in [0.4, 0.5) is 0 Å². The van der Waals surface area contributed by atoms with Crippen LogP contribution in [0.5, 0.6) is 0 Å². The molecule has 0 radical (unpaired) electrons. The Kier molecular flexibility index (Phi) is 3.26. The van der Waals surface area contributed by atoms with Gasteiger partial charge in [0.15, 0.2) is 0 Å². The van der Waals surface area contributed by atoms with E-state index in [1.54, 1.807) is 0 Å². The third-order valence-electron chi connectivity index (χ3n) is 5.38. The summed E-state index contributed by atoms with van der Waals surface area (Å²) in [6, 6.07) is 6.78. The quantitative estimate of drug-likeness (QED) is 0.766. The summed E-state index contributed by atoms with van der Waals surface area (Å²) in [5, 5.41) is 0. The molecule has 3 rings (SSSR count). The van der Waals surface area contributed by atoms with Crippen LogP contribution in [0, 0.1) is 6.92 Å². The van der Waals surface area contributed by atoms with Crippen molar-refractivity contribution in [2.24, 2.45) is 0 Å². The molecule has 0 bridgehead atoms. The van der Waals surface area contributed by atoms with E-state index in [1.165, 1.54) is 35.9 Å². The zero-order valence-corrected chi connectivity index (χ0v) is 13.3. The molecule has 0 amide bonds. The van der Waals surface area contributed by atoms with E-state index < -0.39 is 0 Å². The molecule has 2 nitrogen and oxygen atoms in total. The average Bonchev–Trinajstić information content (AvgIpc) is 2.45. The summed E-state index contributed by atoms with van der Waals surface area (Å²) >= 11 is 0. The van der Waals surface area contributed by atoms with Crippen LogP contribution in [-0.2, 0) is 9.31 Å². The first-order valence-corrected chi connectivity index (χ1v) is 7.76. The van der Waals surface area contributed by atoms with Crippen LogP contribution in [0.15, 0.2) is 18.2 Å². The molecule has 20 heavy (non-hydrogen) atoms. The minimum Gasteiger partial charge on any atom is -0.399 e. The smallest absolute Gasteiger partial charge is 0.399 e. The summed E-state index contributed by atoms with van der Waals surface area (Å²) in [7, 11) is -0.240. The van der Waals surface area contributed by atoms with E-state index in [-0.39, 0.29) is 18.3 Å². The fourth-order valence-corrected chi connectivity index (χ4v) is 2.93. The van der Waals surface area contributed by atoms with Gasteiger partial charge in [0.05, 0.1) is 11.2 Å². The Morgan fingerprint density at radius 1 is 1.05 bits per heavy atom. The first-order valence-electron chi connectivity index (χ1n) is 7.76. The standard InChI is InChI=1S/C17H25BO2/c1-12-11-14(13-7-6-8-13)9-10-15(12)18-19-16(2,3)17(4,5)20-18/h9-11,13H,6-8H2,1-5H3. The fraction of sp³-hybridized carbons (Fsp3) is 0.647. The number of hydrogen-bond donors (Lipinski definition) is 0. The van der Waals surface area contributed by atoms with E-state index in [4.69, 9.17) is 9.31 Å². The first kappa shape index (κ1) is 14.2. The highest BCUT2D eigenvalue weighted by molar-refractivity contribution is 6.62. The third-order valence-corrected chi connectivity index (χ3v) is 5.38. The average molecular weight is 272 g/mol. The highest BCUT2D eigenvalue weighted by Crippen LogP contribution is 2.38. The van der Waals surface area contributed by atoms with Gasteiger partial charge in [0.25, 0.3) is 0 Å². The van der Waals surface area contributed by atoms with E-state index in [0.717, 1.165) is 5.92 Å². The van der Waals surface area contributed by atoms with Crippen molar-refractivity contribution in [1.82, 2.24) is 0 Å². The van der Waals surface area contributed by atoms with Gasteiger partial charge < -0.3 is 9.31 Å². The maximum Gasteiger partial charge on any atom is 0.495 e. The predicted molar refractivity (Wildman–Crippen MR) is 83.5 cm³/mol. The summed E-state index contributed by atoms with van der Waals surface area (Å²) in [5.74, 6) is 0.779. The molecule has 0 spiro atoms. The van der Waals surface area contributed by atoms with Crippen molar-refractivity contribution in [2.45, 2.75) is 71.0 Å². The van der Waals surface area contributed by atoms with Gasteiger partial charge in [-0.05, 0) is 64.4 Å². The summed E-state index contributed by atoms with van der Waals surface area (Å²) in [6.07, 6.45) is 4.06. The third kappa shape index (κ3) is 2.21. The lowest BCUT2D eigenvalue weighted by Gasteiger charge is -2.32. The molecule has 1 aromatic rings. The highest BCUT2D eigenvalue weighted by atomic mass is 16.7. The Bertz CT molecular complexity index is 502. The molecule has 1 heterocycles. The summed E-state index contributed by atoms with van der Waals surface area (Å²) < 4.78 is 12.3. The molecule has 0 atom stereocenters. The molecule has 1 saturated carbocycles. The topological polar surface area (TPSA) is 18.5 Å². The van der Waals surface area contributed by atoms with Gasteiger partial charge >= 0.3 is 7.12 Å². The maximum absolute atomic E-state index is 6.15. The summed E-state index contributed by atoms with van der Waals surface area (Å²) in [4.78, 5) is 0. The van der Waals surface area contributed by atoms with Gasteiger partial charge in [-0.15, -0.1) is 0 Å². The van der Waals surface area contributed by atoms with Crippen molar-refractivity contribution in [3.05, 3.63) is 29.3 Å². The van der Waals surface area contributed by atoms with Gasteiger partial charge in [-0.1, -0.05) is 30.2 Å². The molecule has 1 saturated heterocycles. The molecule has 1 aromatic carbocycles. The van der Waals surface area contributed by atoms with Gasteiger partial charge in [0.2, 0.25) is 0 Å². The molecule has 3 heteroatoms. The van der Waals surface area contributed by atoms with Crippen molar-refractivity contribution in [1.29, 1.82) is 0 Å². The van der Waals surface area contributed by atoms with Gasteiger partial charge in [0.1, 0.15) is 0 Å². The maximum atomic E-state index is 6.15. The Labute approximate surface area is 123 Å². The monoisotopic (exact) mass is 272 g/mol.